The first-order valence-electron chi connectivity index (χ1n) is 5.86. The molecular weight excluding hydrogens is 266 g/mol. The molecule has 0 saturated carbocycles. The summed E-state index contributed by atoms with van der Waals surface area (Å²) in [4.78, 5) is 18.7. The summed E-state index contributed by atoms with van der Waals surface area (Å²) in [5.41, 5.74) is 0.707. The molecule has 0 aliphatic carbocycles. The third-order valence-electron chi connectivity index (χ3n) is 3.07. The van der Waals surface area contributed by atoms with Gasteiger partial charge in [-0.05, 0) is 6.92 Å². The fourth-order valence-electron chi connectivity index (χ4n) is 2.03. The highest BCUT2D eigenvalue weighted by Crippen LogP contribution is 2.28. The predicted octanol–water partition coefficient (Wildman–Crippen LogP) is 0.850. The van der Waals surface area contributed by atoms with Crippen LogP contribution < -0.4 is 4.90 Å². The zero-order valence-electron chi connectivity index (χ0n) is 10.7. The summed E-state index contributed by atoms with van der Waals surface area (Å²) in [7, 11) is 1.38. The van der Waals surface area contributed by atoms with Gasteiger partial charge in [0, 0.05) is 13.1 Å². The first kappa shape index (κ1) is 12.1. The third kappa shape index (κ3) is 2.07. The lowest BCUT2D eigenvalue weighted by Gasteiger charge is -2.26. The van der Waals surface area contributed by atoms with E-state index < -0.39 is 0 Å². The molecule has 1 aliphatic rings. The average Bonchev–Trinajstić information content (AvgIpc) is 3.03. The van der Waals surface area contributed by atoms with Gasteiger partial charge >= 0.3 is 5.97 Å². The number of hydrogen-bond acceptors (Lipinski definition) is 7. The maximum Gasteiger partial charge on any atom is 0.350 e. The Bertz CT molecular complexity index is 620. The average molecular weight is 279 g/mol. The minimum atomic E-state index is -0.332. The van der Waals surface area contributed by atoms with Gasteiger partial charge in [-0.3, -0.25) is 0 Å². The molecule has 0 bridgehead atoms. The number of aromatic nitrogens is 4. The van der Waals surface area contributed by atoms with Crippen LogP contribution in [0.25, 0.3) is 0 Å². The second kappa shape index (κ2) is 4.61. The summed E-state index contributed by atoms with van der Waals surface area (Å²) >= 11 is 1.36. The summed E-state index contributed by atoms with van der Waals surface area (Å²) in [5.74, 6) is 0.583. The van der Waals surface area contributed by atoms with E-state index in [1.54, 1.807) is 6.33 Å². The van der Waals surface area contributed by atoms with Crippen LogP contribution in [0, 0.1) is 6.92 Å². The lowest BCUT2D eigenvalue weighted by Crippen LogP contribution is -2.33. The van der Waals surface area contributed by atoms with Gasteiger partial charge in [0.1, 0.15) is 11.2 Å². The maximum absolute atomic E-state index is 11.6. The lowest BCUT2D eigenvalue weighted by molar-refractivity contribution is 0.0605. The number of nitrogens with zero attached hydrogens (tertiary/aromatic N) is 5. The highest BCUT2D eigenvalue weighted by molar-refractivity contribution is 7.17. The first-order chi connectivity index (χ1) is 9.19. The fraction of sp³-hybridized carbons (Fsp3) is 0.455. The number of rotatable bonds is 2. The number of ether oxygens (including phenoxy) is 1. The number of thiazole rings is 1. The third-order valence-corrected chi connectivity index (χ3v) is 4.26. The summed E-state index contributed by atoms with van der Waals surface area (Å²) < 4.78 is 6.77. The van der Waals surface area contributed by atoms with Crippen LogP contribution in [-0.4, -0.2) is 39.4 Å². The van der Waals surface area contributed by atoms with Gasteiger partial charge < -0.3 is 14.2 Å². The topological polar surface area (TPSA) is 73.1 Å². The zero-order chi connectivity index (χ0) is 13.4. The van der Waals surface area contributed by atoms with Crippen LogP contribution in [0.5, 0.6) is 0 Å². The first-order valence-corrected chi connectivity index (χ1v) is 6.68. The minimum absolute atomic E-state index is 0.332. The number of anilines is 1. The maximum atomic E-state index is 11.6. The van der Waals surface area contributed by atoms with Crippen LogP contribution in [0.4, 0.5) is 5.13 Å². The number of methoxy groups -OCH3 is 1. The van der Waals surface area contributed by atoms with Crippen LogP contribution in [0.15, 0.2) is 6.33 Å². The Morgan fingerprint density at radius 3 is 3.11 bits per heavy atom. The van der Waals surface area contributed by atoms with Crippen molar-refractivity contribution < 1.29 is 9.53 Å². The largest absolute Gasteiger partial charge is 0.465 e. The molecule has 3 heterocycles. The molecule has 100 valence electrons. The Kier molecular flexibility index (Phi) is 2.94. The van der Waals surface area contributed by atoms with Gasteiger partial charge in [0.15, 0.2) is 11.0 Å². The zero-order valence-corrected chi connectivity index (χ0v) is 11.5. The number of hydrogen-bond donors (Lipinski definition) is 0. The van der Waals surface area contributed by atoms with Crippen LogP contribution in [0.1, 0.15) is 21.2 Å². The Morgan fingerprint density at radius 1 is 1.47 bits per heavy atom. The number of esters is 1. The summed E-state index contributed by atoms with van der Waals surface area (Å²) in [5, 5.41) is 8.79. The van der Waals surface area contributed by atoms with Crippen molar-refractivity contribution in [3.05, 3.63) is 22.7 Å². The quantitative estimate of drug-likeness (QED) is 0.759. The molecule has 0 N–H and O–H groups in total. The van der Waals surface area contributed by atoms with Crippen molar-refractivity contribution in [2.24, 2.45) is 0 Å². The summed E-state index contributed by atoms with van der Waals surface area (Å²) in [6.45, 7) is 4.14. The molecule has 0 saturated heterocycles. The molecule has 3 rings (SSSR count). The smallest absolute Gasteiger partial charge is 0.350 e. The molecule has 0 amide bonds. The molecular formula is C11H13N5O2S. The normalized spacial score (nSPS) is 14.3. The van der Waals surface area contributed by atoms with Gasteiger partial charge in [-0.2, -0.15) is 0 Å². The summed E-state index contributed by atoms with van der Waals surface area (Å²) in [6.07, 6.45) is 1.74. The molecule has 0 aromatic carbocycles. The molecule has 7 nitrogen and oxygen atoms in total. The van der Waals surface area contributed by atoms with E-state index in [2.05, 4.69) is 20.1 Å². The van der Waals surface area contributed by atoms with Crippen molar-refractivity contribution in [3.8, 4) is 0 Å². The molecule has 0 atom stereocenters. The van der Waals surface area contributed by atoms with Crippen molar-refractivity contribution >= 4 is 22.4 Å². The molecule has 0 fully saturated rings. The van der Waals surface area contributed by atoms with Gasteiger partial charge in [-0.25, -0.2) is 9.78 Å². The van der Waals surface area contributed by atoms with Crippen molar-refractivity contribution in [3.63, 3.8) is 0 Å². The monoisotopic (exact) mass is 279 g/mol. The SMILES string of the molecule is COC(=O)c1sc(N2CCn3cnnc3C2)nc1C. The molecule has 0 spiro atoms. The molecule has 2 aromatic rings. The van der Waals surface area contributed by atoms with Gasteiger partial charge in [0.2, 0.25) is 0 Å². The molecule has 19 heavy (non-hydrogen) atoms. The van der Waals surface area contributed by atoms with Gasteiger partial charge in [0.25, 0.3) is 0 Å². The second-order valence-corrected chi connectivity index (χ2v) is 5.24. The van der Waals surface area contributed by atoms with E-state index in [0.717, 1.165) is 24.0 Å². The Hall–Kier alpha value is -1.96. The van der Waals surface area contributed by atoms with Gasteiger partial charge in [-0.15, -0.1) is 10.2 Å². The van der Waals surface area contributed by atoms with E-state index in [1.165, 1.54) is 18.4 Å². The van der Waals surface area contributed by atoms with Gasteiger partial charge in [-0.1, -0.05) is 11.3 Å². The van der Waals surface area contributed by atoms with Crippen molar-refractivity contribution in [2.75, 3.05) is 18.6 Å². The Labute approximate surface area is 113 Å². The van der Waals surface area contributed by atoms with E-state index in [0.29, 0.717) is 17.1 Å². The van der Waals surface area contributed by atoms with Crippen LogP contribution in [-0.2, 0) is 17.8 Å². The molecule has 0 unspecified atom stereocenters. The standard InChI is InChI=1S/C11H13N5O2S/c1-7-9(10(17)18-2)19-11(13-7)15-3-4-16-6-12-14-8(16)5-15/h6H,3-5H2,1-2H3. The van der Waals surface area contributed by atoms with Crippen molar-refractivity contribution in [1.82, 2.24) is 19.7 Å². The molecule has 0 radical (unpaired) electrons. The molecule has 2 aromatic heterocycles. The number of carbonyl (C=O) groups excluding carboxylic acids is 1. The second-order valence-electron chi connectivity index (χ2n) is 4.26. The summed E-state index contributed by atoms with van der Waals surface area (Å²) in [6, 6.07) is 0. The number of carbonyl (C=O) groups is 1. The van der Waals surface area contributed by atoms with E-state index in [9.17, 15) is 4.79 Å². The van der Waals surface area contributed by atoms with Crippen LogP contribution in [0.3, 0.4) is 0 Å². The van der Waals surface area contributed by atoms with E-state index in [-0.39, 0.29) is 5.97 Å². The highest BCUT2D eigenvalue weighted by Gasteiger charge is 2.23. The molecule has 1 aliphatic heterocycles. The van der Waals surface area contributed by atoms with E-state index >= 15 is 0 Å². The fourth-order valence-corrected chi connectivity index (χ4v) is 3.04. The van der Waals surface area contributed by atoms with Crippen LogP contribution >= 0.6 is 11.3 Å². The van der Waals surface area contributed by atoms with Crippen molar-refractivity contribution in [1.29, 1.82) is 0 Å². The minimum Gasteiger partial charge on any atom is -0.465 e. The van der Waals surface area contributed by atoms with Gasteiger partial charge in [0.05, 0.1) is 19.3 Å². The van der Waals surface area contributed by atoms with E-state index in [1.807, 2.05) is 11.5 Å². The Balaban J connectivity index is 1.86. The molecule has 8 heteroatoms. The predicted molar refractivity (Wildman–Crippen MR) is 69.3 cm³/mol. The van der Waals surface area contributed by atoms with Crippen LogP contribution in [0.2, 0.25) is 0 Å². The number of aryl methyl sites for hydroxylation is 1. The van der Waals surface area contributed by atoms with Crippen molar-refractivity contribution in [2.45, 2.75) is 20.0 Å². The highest BCUT2D eigenvalue weighted by atomic mass is 32.1. The lowest BCUT2D eigenvalue weighted by atomic mass is 10.4. The van der Waals surface area contributed by atoms with E-state index in [4.69, 9.17) is 4.74 Å². The Morgan fingerprint density at radius 2 is 2.32 bits per heavy atom. The number of fused-ring (bicyclic) bond motifs is 1.